The molecular weight excluding hydrogens is 442 g/mol. The van der Waals surface area contributed by atoms with Crippen molar-refractivity contribution in [2.24, 2.45) is 0 Å². The molecule has 0 unspecified atom stereocenters. The molecule has 0 atom stereocenters. The fraction of sp³-hybridized carbons (Fsp3) is 0.182. The Morgan fingerprint density at radius 2 is 1.58 bits per heavy atom. The molecule has 0 saturated heterocycles. The van der Waals surface area contributed by atoms with Crippen LogP contribution in [0.15, 0.2) is 66.7 Å². The van der Waals surface area contributed by atoms with Gasteiger partial charge in [0.1, 0.15) is 0 Å². The third kappa shape index (κ3) is 7.66. The maximum Gasteiger partial charge on any atom is -0.172 e. The van der Waals surface area contributed by atoms with Gasteiger partial charge in [0.05, 0.1) is 7.11 Å². The Morgan fingerprint density at radius 3 is 2.12 bits per heavy atom. The van der Waals surface area contributed by atoms with Gasteiger partial charge in [0.15, 0.2) is 0 Å². The second kappa shape index (κ2) is 13.1. The van der Waals surface area contributed by atoms with Crippen molar-refractivity contribution in [3.05, 3.63) is 83.9 Å². The van der Waals surface area contributed by atoms with E-state index in [0.717, 1.165) is 12.2 Å². The molecule has 0 bridgehead atoms. The standard InChI is InChI=1S/C14H11O.C5H5.C3H6.2ClH.Zr/c1-15-12-6-7-14-11(9-12)8-10-4-2-3-5-13(10)14;1-2-4-5-3-1;1-3-2;;;/h2-7H,8H2,1H3;1-5H;1-2H3;2*1H;/q2*-1;;;;+2/p-2. The molecule has 0 N–H and O–H groups in total. The Morgan fingerprint density at radius 1 is 0.962 bits per heavy atom. The summed E-state index contributed by atoms with van der Waals surface area (Å²) in [5.41, 5.74) is 5.27. The van der Waals surface area contributed by atoms with Gasteiger partial charge in [-0.25, -0.2) is 12.1 Å². The maximum atomic E-state index is 5.18. The van der Waals surface area contributed by atoms with E-state index in [1.165, 1.54) is 25.5 Å². The van der Waals surface area contributed by atoms with Gasteiger partial charge in [0, 0.05) is 5.75 Å². The predicted octanol–water partition coefficient (Wildman–Crippen LogP) is -0.775. The van der Waals surface area contributed by atoms with Crippen LogP contribution in [0.2, 0.25) is 0 Å². The molecule has 3 aromatic carbocycles. The topological polar surface area (TPSA) is 9.23 Å². The van der Waals surface area contributed by atoms with Gasteiger partial charge in [-0.2, -0.15) is 24.3 Å². The van der Waals surface area contributed by atoms with E-state index in [9.17, 15) is 0 Å². The summed E-state index contributed by atoms with van der Waals surface area (Å²) in [6, 6.07) is 25.9. The first-order valence-electron chi connectivity index (χ1n) is 7.97. The monoisotopic (exact) mass is 462 g/mol. The van der Waals surface area contributed by atoms with Crippen LogP contribution in [-0.2, 0) is 30.7 Å². The number of ether oxygens (including phenoxy) is 1. The Labute approximate surface area is 184 Å². The molecular formula is C22H22Cl2OZr-2. The summed E-state index contributed by atoms with van der Waals surface area (Å²) in [4.78, 5) is 0. The summed E-state index contributed by atoms with van der Waals surface area (Å²) >= 11 is 1.55. The van der Waals surface area contributed by atoms with Gasteiger partial charge < -0.3 is 29.6 Å². The number of fused-ring (bicyclic) bond motifs is 3. The fourth-order valence-electron chi connectivity index (χ4n) is 2.48. The van der Waals surface area contributed by atoms with E-state index < -0.39 is 0 Å². The third-order valence-electron chi connectivity index (χ3n) is 3.45. The number of hydrogen-bond donors (Lipinski definition) is 0. The number of hydrogen-bond acceptors (Lipinski definition) is 1. The number of methoxy groups -OCH3 is 1. The first-order valence-corrected chi connectivity index (χ1v) is 9.20. The van der Waals surface area contributed by atoms with Crippen LogP contribution in [0.4, 0.5) is 0 Å². The molecule has 0 fully saturated rings. The zero-order valence-corrected chi connectivity index (χ0v) is 19.2. The summed E-state index contributed by atoms with van der Waals surface area (Å²) in [6.45, 7) is 4.25. The van der Waals surface area contributed by atoms with Crippen molar-refractivity contribution in [1.29, 1.82) is 0 Å². The smallest absolute Gasteiger partial charge is 0.172 e. The van der Waals surface area contributed by atoms with Gasteiger partial charge in [-0.3, -0.25) is 0 Å². The van der Waals surface area contributed by atoms with Crippen molar-refractivity contribution >= 4 is 3.21 Å². The minimum Gasteiger partial charge on any atom is -1.00 e. The number of benzene rings is 2. The SMILES string of the molecule is COc1[c-]c2c(cc1)-c1ccccc1C2.C[C](C)=[Zr+2].[Cl-].[Cl-].c1cc[cH-]c1. The molecule has 0 amide bonds. The normalized spacial score (nSPS) is 9.58. The molecule has 1 nitrogen and oxygen atoms in total. The zero-order chi connectivity index (χ0) is 17.4. The Balaban J connectivity index is 0.000000480. The predicted molar refractivity (Wildman–Crippen MR) is 98.5 cm³/mol. The van der Waals surface area contributed by atoms with Crippen LogP contribution in [0.3, 0.4) is 0 Å². The van der Waals surface area contributed by atoms with Crippen LogP contribution < -0.4 is 29.6 Å². The van der Waals surface area contributed by atoms with Crippen LogP contribution in [0.1, 0.15) is 25.0 Å². The van der Waals surface area contributed by atoms with Crippen molar-refractivity contribution < 1.29 is 53.8 Å². The molecule has 4 rings (SSSR count). The van der Waals surface area contributed by atoms with Gasteiger partial charge in [-0.05, 0) is 6.42 Å². The summed E-state index contributed by atoms with van der Waals surface area (Å²) < 4.78 is 6.69. The molecule has 0 spiro atoms. The van der Waals surface area contributed by atoms with E-state index >= 15 is 0 Å². The van der Waals surface area contributed by atoms with E-state index in [1.807, 2.05) is 36.4 Å². The minimum atomic E-state index is 0. The van der Waals surface area contributed by atoms with Crippen molar-refractivity contribution in [2.45, 2.75) is 20.3 Å². The van der Waals surface area contributed by atoms with Gasteiger partial charge >= 0.3 is 41.3 Å². The van der Waals surface area contributed by atoms with E-state index in [0.29, 0.717) is 0 Å². The van der Waals surface area contributed by atoms with Crippen LogP contribution in [0.25, 0.3) is 11.1 Å². The molecule has 0 heterocycles. The largest absolute Gasteiger partial charge is 1.00 e. The van der Waals surface area contributed by atoms with Crippen molar-refractivity contribution in [1.82, 2.24) is 0 Å². The second-order valence-corrected chi connectivity index (χ2v) is 8.17. The quantitative estimate of drug-likeness (QED) is 0.336. The van der Waals surface area contributed by atoms with Crippen LogP contribution in [0.5, 0.6) is 5.75 Å². The molecule has 0 radical (unpaired) electrons. The summed E-state index contributed by atoms with van der Waals surface area (Å²) in [7, 11) is 1.68. The van der Waals surface area contributed by atoms with Crippen LogP contribution in [-0.4, -0.2) is 10.3 Å². The van der Waals surface area contributed by atoms with Crippen LogP contribution in [0, 0.1) is 6.07 Å². The van der Waals surface area contributed by atoms with E-state index in [4.69, 9.17) is 4.74 Å². The zero-order valence-electron chi connectivity index (χ0n) is 15.2. The maximum absolute atomic E-state index is 5.18. The van der Waals surface area contributed by atoms with Crippen molar-refractivity contribution in [3.8, 4) is 16.9 Å². The molecule has 1 aliphatic carbocycles. The molecule has 3 aromatic rings. The Bertz CT molecular complexity index is 761. The second-order valence-electron chi connectivity index (χ2n) is 5.72. The first kappa shape index (κ1) is 24.9. The van der Waals surface area contributed by atoms with Gasteiger partial charge in [0.25, 0.3) is 0 Å². The molecule has 4 heteroatoms. The molecule has 136 valence electrons. The molecule has 0 aliphatic heterocycles. The third-order valence-corrected chi connectivity index (χ3v) is 3.45. The number of halogens is 2. The average Bonchev–Trinajstić information content (AvgIpc) is 3.24. The Hall–Kier alpha value is -1.08. The molecule has 0 aromatic heterocycles. The van der Waals surface area contributed by atoms with Crippen molar-refractivity contribution in [2.75, 3.05) is 7.11 Å². The molecule has 26 heavy (non-hydrogen) atoms. The first-order chi connectivity index (χ1) is 11.6. The van der Waals surface area contributed by atoms with Gasteiger partial charge in [-0.15, -0.1) is 23.3 Å². The number of rotatable bonds is 1. The summed E-state index contributed by atoms with van der Waals surface area (Å²) in [6.07, 6.45) is 0.975. The summed E-state index contributed by atoms with van der Waals surface area (Å²) in [5, 5.41) is 0. The Kier molecular flexibility index (Phi) is 12.6. The van der Waals surface area contributed by atoms with Gasteiger partial charge in [-0.1, -0.05) is 35.4 Å². The average molecular weight is 465 g/mol. The van der Waals surface area contributed by atoms with E-state index in [1.54, 1.807) is 31.3 Å². The van der Waals surface area contributed by atoms with E-state index in [2.05, 4.69) is 50.2 Å². The van der Waals surface area contributed by atoms with Gasteiger partial charge in [0.2, 0.25) is 0 Å². The molecule has 1 aliphatic rings. The minimum absolute atomic E-state index is 0. The van der Waals surface area contributed by atoms with E-state index in [-0.39, 0.29) is 24.8 Å². The van der Waals surface area contributed by atoms with Crippen LogP contribution >= 0.6 is 0 Å². The fourth-order valence-corrected chi connectivity index (χ4v) is 2.48. The van der Waals surface area contributed by atoms with Crippen molar-refractivity contribution in [3.63, 3.8) is 0 Å². The molecule has 0 saturated carbocycles. The summed E-state index contributed by atoms with van der Waals surface area (Å²) in [5.74, 6) is 0.821.